The zero-order valence-corrected chi connectivity index (χ0v) is 18.2. The van der Waals surface area contributed by atoms with Crippen LogP contribution in [0.25, 0.3) is 0 Å². The van der Waals surface area contributed by atoms with Gasteiger partial charge in [0.05, 0.1) is 17.2 Å². The van der Waals surface area contributed by atoms with Crippen LogP contribution in [0.3, 0.4) is 0 Å². The number of ether oxygens (including phenoxy) is 2. The highest BCUT2D eigenvalue weighted by molar-refractivity contribution is 5.73. The zero-order valence-electron chi connectivity index (χ0n) is 18.2. The van der Waals surface area contributed by atoms with E-state index in [4.69, 9.17) is 9.47 Å². The van der Waals surface area contributed by atoms with Crippen LogP contribution in [-0.4, -0.2) is 52.8 Å². The second kappa shape index (κ2) is 8.13. The molecule has 2 heterocycles. The normalized spacial score (nSPS) is 31.8. The molecule has 0 bridgehead atoms. The molecule has 1 aromatic carbocycles. The van der Waals surface area contributed by atoms with E-state index in [1.54, 1.807) is 6.92 Å². The van der Waals surface area contributed by atoms with E-state index in [9.17, 15) is 4.79 Å². The van der Waals surface area contributed by atoms with Crippen molar-refractivity contribution in [2.75, 3.05) is 6.54 Å². The zero-order chi connectivity index (χ0) is 20.5. The summed E-state index contributed by atoms with van der Waals surface area (Å²) in [4.78, 5) is 14.4. The van der Waals surface area contributed by atoms with Gasteiger partial charge in [-0.05, 0) is 39.7 Å². The van der Waals surface area contributed by atoms with E-state index in [1.807, 2.05) is 6.07 Å². The number of carbonyl (C=O) groups is 1. The van der Waals surface area contributed by atoms with E-state index >= 15 is 0 Å². The summed E-state index contributed by atoms with van der Waals surface area (Å²) < 4.78 is 13.3. The number of hydrogen-bond donors (Lipinski definition) is 1. The molecule has 0 spiro atoms. The lowest BCUT2D eigenvalue weighted by molar-refractivity contribution is -0.320. The smallest absolute Gasteiger partial charge is 0.217 e. The molecule has 0 saturated carbocycles. The summed E-state index contributed by atoms with van der Waals surface area (Å²) in [5.41, 5.74) is 0.444. The van der Waals surface area contributed by atoms with Crippen LogP contribution in [0.4, 0.5) is 0 Å². The summed E-state index contributed by atoms with van der Waals surface area (Å²) in [6.45, 7) is 13.8. The summed E-state index contributed by atoms with van der Waals surface area (Å²) in [7, 11) is 0. The van der Waals surface area contributed by atoms with Crippen molar-refractivity contribution in [2.45, 2.75) is 96.4 Å². The van der Waals surface area contributed by atoms with Gasteiger partial charge in [-0.15, -0.1) is 0 Å². The molecule has 0 radical (unpaired) electrons. The average molecular weight is 389 g/mol. The maximum Gasteiger partial charge on any atom is 0.217 e. The number of fused-ring (bicyclic) bond motifs is 1. The molecule has 1 N–H and O–H groups in total. The first-order valence-electron chi connectivity index (χ1n) is 10.6. The van der Waals surface area contributed by atoms with Crippen LogP contribution >= 0.6 is 0 Å². The average Bonchev–Trinajstić information content (AvgIpc) is 2.60. The topological polar surface area (TPSA) is 50.8 Å². The highest BCUT2D eigenvalue weighted by atomic mass is 16.6. The standard InChI is InChI=1S/C23H36N2O3/c1-7-11-19-21-20(27-22(3,4)23(5,6)28-21)18(24-16(2)26)15-25(19)14-17-12-9-8-10-13-17/h8-10,12-13,18-21H,7,11,14-15H2,1-6H3,(H,24,26). The van der Waals surface area contributed by atoms with Gasteiger partial charge >= 0.3 is 0 Å². The molecule has 2 aliphatic heterocycles. The molecular formula is C23H36N2O3. The fraction of sp³-hybridized carbons (Fsp3) is 0.696. The number of piperidine rings is 1. The molecule has 1 amide bonds. The van der Waals surface area contributed by atoms with Crippen LogP contribution < -0.4 is 5.32 Å². The number of likely N-dealkylation sites (tertiary alicyclic amines) is 1. The van der Waals surface area contributed by atoms with Crippen LogP contribution in [0.5, 0.6) is 0 Å². The van der Waals surface area contributed by atoms with Crippen molar-refractivity contribution >= 4 is 5.91 Å². The molecule has 28 heavy (non-hydrogen) atoms. The summed E-state index contributed by atoms with van der Waals surface area (Å²) >= 11 is 0. The lowest BCUT2D eigenvalue weighted by Gasteiger charge is -2.59. The number of carbonyl (C=O) groups excluding carboxylic acids is 1. The minimum absolute atomic E-state index is 0.0245. The lowest BCUT2D eigenvalue weighted by atomic mass is 9.81. The van der Waals surface area contributed by atoms with E-state index < -0.39 is 11.2 Å². The maximum absolute atomic E-state index is 11.9. The number of amides is 1. The van der Waals surface area contributed by atoms with Crippen molar-refractivity contribution in [3.8, 4) is 0 Å². The third-order valence-corrected chi connectivity index (χ3v) is 6.51. The SMILES string of the molecule is CCCC1C2OC(C)(C)C(C)(C)OC2C(NC(C)=O)CN1Cc1ccccc1. The highest BCUT2D eigenvalue weighted by Crippen LogP contribution is 2.42. The van der Waals surface area contributed by atoms with E-state index in [0.29, 0.717) is 0 Å². The number of nitrogens with one attached hydrogen (secondary N) is 1. The lowest BCUT2D eigenvalue weighted by Crippen LogP contribution is -2.73. The van der Waals surface area contributed by atoms with Gasteiger partial charge in [0.2, 0.25) is 5.91 Å². The van der Waals surface area contributed by atoms with Crippen molar-refractivity contribution in [2.24, 2.45) is 0 Å². The number of nitrogens with zero attached hydrogens (tertiary/aromatic N) is 1. The van der Waals surface area contributed by atoms with Gasteiger partial charge in [0.25, 0.3) is 0 Å². The van der Waals surface area contributed by atoms with Gasteiger partial charge < -0.3 is 14.8 Å². The Bertz CT molecular complexity index is 674. The molecule has 0 aromatic heterocycles. The van der Waals surface area contributed by atoms with Gasteiger partial charge in [0.15, 0.2) is 0 Å². The van der Waals surface area contributed by atoms with E-state index in [0.717, 1.165) is 25.9 Å². The van der Waals surface area contributed by atoms with Gasteiger partial charge in [-0.1, -0.05) is 43.7 Å². The number of hydrogen-bond acceptors (Lipinski definition) is 4. The van der Waals surface area contributed by atoms with Crippen LogP contribution in [0.2, 0.25) is 0 Å². The van der Waals surface area contributed by atoms with E-state index in [2.05, 4.69) is 69.1 Å². The molecular weight excluding hydrogens is 352 g/mol. The second-order valence-electron chi connectivity index (χ2n) is 9.26. The molecule has 156 valence electrons. The first-order chi connectivity index (χ1) is 13.1. The quantitative estimate of drug-likeness (QED) is 0.839. The molecule has 2 saturated heterocycles. The number of benzene rings is 1. The van der Waals surface area contributed by atoms with Crippen molar-refractivity contribution in [1.29, 1.82) is 0 Å². The minimum Gasteiger partial charge on any atom is -0.365 e. The fourth-order valence-corrected chi connectivity index (χ4v) is 4.44. The Morgan fingerprint density at radius 2 is 1.71 bits per heavy atom. The second-order valence-corrected chi connectivity index (χ2v) is 9.26. The highest BCUT2D eigenvalue weighted by Gasteiger charge is 2.56. The molecule has 5 heteroatoms. The van der Waals surface area contributed by atoms with Crippen molar-refractivity contribution in [3.05, 3.63) is 35.9 Å². The third-order valence-electron chi connectivity index (χ3n) is 6.51. The molecule has 2 fully saturated rings. The Kier molecular flexibility index (Phi) is 6.18. The van der Waals surface area contributed by atoms with Crippen LogP contribution in [-0.2, 0) is 20.8 Å². The van der Waals surface area contributed by atoms with E-state index in [1.165, 1.54) is 5.56 Å². The predicted molar refractivity (Wildman–Crippen MR) is 111 cm³/mol. The summed E-state index contributed by atoms with van der Waals surface area (Å²) in [6.07, 6.45) is 1.91. The van der Waals surface area contributed by atoms with Gasteiger partial charge in [-0.3, -0.25) is 9.69 Å². The third kappa shape index (κ3) is 4.27. The Morgan fingerprint density at radius 1 is 1.11 bits per heavy atom. The molecule has 4 atom stereocenters. The monoisotopic (exact) mass is 388 g/mol. The van der Waals surface area contributed by atoms with Crippen molar-refractivity contribution in [3.63, 3.8) is 0 Å². The summed E-state index contributed by atoms with van der Waals surface area (Å²) in [5.74, 6) is -0.0245. The largest absolute Gasteiger partial charge is 0.365 e. The fourth-order valence-electron chi connectivity index (χ4n) is 4.44. The van der Waals surface area contributed by atoms with Gasteiger partial charge in [-0.25, -0.2) is 0 Å². The van der Waals surface area contributed by atoms with Crippen LogP contribution in [0.15, 0.2) is 30.3 Å². The Balaban J connectivity index is 1.93. The minimum atomic E-state index is -0.427. The Hall–Kier alpha value is -1.43. The maximum atomic E-state index is 11.9. The first kappa shape index (κ1) is 21.3. The van der Waals surface area contributed by atoms with Gasteiger partial charge in [0, 0.05) is 26.1 Å². The summed E-state index contributed by atoms with van der Waals surface area (Å²) in [6, 6.07) is 10.7. The van der Waals surface area contributed by atoms with Crippen LogP contribution in [0.1, 0.15) is 59.9 Å². The summed E-state index contributed by atoms with van der Waals surface area (Å²) in [5, 5.41) is 3.14. The van der Waals surface area contributed by atoms with Gasteiger partial charge in [0.1, 0.15) is 12.2 Å². The molecule has 2 aliphatic rings. The molecule has 1 aromatic rings. The molecule has 5 nitrogen and oxygen atoms in total. The van der Waals surface area contributed by atoms with Crippen LogP contribution in [0, 0.1) is 0 Å². The van der Waals surface area contributed by atoms with Gasteiger partial charge in [-0.2, -0.15) is 0 Å². The molecule has 0 aliphatic carbocycles. The van der Waals surface area contributed by atoms with Crippen molar-refractivity contribution < 1.29 is 14.3 Å². The first-order valence-corrected chi connectivity index (χ1v) is 10.6. The Labute approximate surface area is 169 Å². The van der Waals surface area contributed by atoms with E-state index in [-0.39, 0.29) is 30.2 Å². The molecule has 4 unspecified atom stereocenters. The van der Waals surface area contributed by atoms with Crippen molar-refractivity contribution in [1.82, 2.24) is 10.2 Å². The molecule has 3 rings (SSSR count). The Morgan fingerprint density at radius 3 is 2.29 bits per heavy atom. The predicted octanol–water partition coefficient (Wildman–Crippen LogP) is 3.52. The number of rotatable bonds is 5.